The highest BCUT2D eigenvalue weighted by molar-refractivity contribution is 7.99. The first-order chi connectivity index (χ1) is 10.4. The van der Waals surface area contributed by atoms with Crippen LogP contribution in [-0.4, -0.2) is 32.6 Å². The van der Waals surface area contributed by atoms with Gasteiger partial charge in [0.2, 0.25) is 0 Å². The topological polar surface area (TPSA) is 42.7 Å². The summed E-state index contributed by atoms with van der Waals surface area (Å²) >= 11 is 2.07. The summed E-state index contributed by atoms with van der Waals surface area (Å²) in [4.78, 5) is 9.58. The van der Waals surface area contributed by atoms with Crippen molar-refractivity contribution >= 4 is 22.9 Å². The van der Waals surface area contributed by atoms with Crippen molar-refractivity contribution in [1.29, 1.82) is 0 Å². The first-order valence-corrected chi connectivity index (χ1v) is 9.23. The van der Waals surface area contributed by atoms with E-state index >= 15 is 0 Å². The average Bonchev–Trinajstić information content (AvgIpc) is 2.96. The number of fused-ring (bicyclic) bond motifs is 1. The molecule has 5 heteroatoms. The molecule has 4 heterocycles. The second-order valence-electron chi connectivity index (χ2n) is 6.06. The van der Waals surface area contributed by atoms with Crippen LogP contribution in [-0.2, 0) is 0 Å². The summed E-state index contributed by atoms with van der Waals surface area (Å²) in [6.07, 6.45) is 8.24. The van der Waals surface area contributed by atoms with Crippen LogP contribution in [0.2, 0.25) is 0 Å². The second kappa shape index (κ2) is 5.97. The summed E-state index contributed by atoms with van der Waals surface area (Å²) in [7, 11) is 0. The van der Waals surface area contributed by atoms with Crippen LogP contribution in [0.1, 0.15) is 50.0 Å². The molecule has 2 fully saturated rings. The summed E-state index contributed by atoms with van der Waals surface area (Å²) in [5, 5.41) is 3.66. The Bertz CT molecular complexity index is 612. The van der Waals surface area contributed by atoms with E-state index in [0.29, 0.717) is 12.1 Å². The predicted octanol–water partition coefficient (Wildman–Crippen LogP) is 3.31. The van der Waals surface area contributed by atoms with E-state index < -0.39 is 0 Å². The maximum atomic E-state index is 4.94. The van der Waals surface area contributed by atoms with Crippen molar-refractivity contribution < 1.29 is 0 Å². The van der Waals surface area contributed by atoms with Gasteiger partial charge in [-0.05, 0) is 50.1 Å². The lowest BCUT2D eigenvalue weighted by atomic mass is 10.0. The van der Waals surface area contributed by atoms with Gasteiger partial charge >= 0.3 is 0 Å². The van der Waals surface area contributed by atoms with E-state index in [2.05, 4.69) is 32.7 Å². The molecule has 2 aromatic heterocycles. The Morgan fingerprint density at radius 1 is 1.24 bits per heavy atom. The Balaban J connectivity index is 1.79. The number of nitrogens with one attached hydrogen (secondary N) is 1. The molecule has 0 radical (unpaired) electrons. The van der Waals surface area contributed by atoms with Crippen molar-refractivity contribution in [2.45, 2.75) is 44.2 Å². The van der Waals surface area contributed by atoms with Gasteiger partial charge in [0.25, 0.3) is 0 Å². The van der Waals surface area contributed by atoms with Gasteiger partial charge in [0, 0.05) is 18.0 Å². The number of thioether (sulfide) groups is 1. The van der Waals surface area contributed by atoms with Gasteiger partial charge in [0.15, 0.2) is 5.65 Å². The molecule has 0 aliphatic carbocycles. The quantitative estimate of drug-likeness (QED) is 0.924. The lowest BCUT2D eigenvalue weighted by Gasteiger charge is -2.29. The molecule has 0 spiro atoms. The number of rotatable bonds is 2. The lowest BCUT2D eigenvalue weighted by molar-refractivity contribution is 0.372. The summed E-state index contributed by atoms with van der Waals surface area (Å²) in [6, 6.07) is 5.05. The predicted molar refractivity (Wildman–Crippen MR) is 87.7 cm³/mol. The number of hydrogen-bond donors (Lipinski definition) is 1. The second-order valence-corrected chi connectivity index (χ2v) is 7.21. The van der Waals surface area contributed by atoms with Crippen LogP contribution >= 0.6 is 11.8 Å². The molecular formula is C16H22N4S. The Morgan fingerprint density at radius 3 is 3.05 bits per heavy atom. The molecule has 4 nitrogen and oxygen atoms in total. The normalized spacial score (nSPS) is 27.0. The van der Waals surface area contributed by atoms with Gasteiger partial charge < -0.3 is 9.88 Å². The molecule has 2 unspecified atom stereocenters. The largest absolute Gasteiger partial charge is 0.307 e. The molecular weight excluding hydrogens is 280 g/mol. The Kier molecular flexibility index (Phi) is 3.86. The number of piperidine rings is 1. The van der Waals surface area contributed by atoms with Crippen LogP contribution in [0.15, 0.2) is 18.3 Å². The molecule has 2 aromatic rings. The summed E-state index contributed by atoms with van der Waals surface area (Å²) in [5.41, 5.74) is 2.13. The number of hydrogen-bond acceptors (Lipinski definition) is 4. The molecule has 1 N–H and O–H groups in total. The molecule has 2 aliphatic rings. The number of aromatic nitrogens is 3. The molecule has 2 saturated heterocycles. The third-order valence-corrected chi connectivity index (χ3v) is 5.80. The number of nitrogens with zero attached hydrogens (tertiary/aromatic N) is 3. The monoisotopic (exact) mass is 302 g/mol. The fraction of sp³-hybridized carbons (Fsp3) is 0.625. The molecule has 0 aromatic carbocycles. The van der Waals surface area contributed by atoms with Crippen molar-refractivity contribution in [3.8, 4) is 0 Å². The molecule has 0 saturated carbocycles. The van der Waals surface area contributed by atoms with Crippen LogP contribution in [0, 0.1) is 0 Å². The van der Waals surface area contributed by atoms with Crippen molar-refractivity contribution in [1.82, 2.24) is 19.9 Å². The van der Waals surface area contributed by atoms with E-state index in [1.54, 1.807) is 0 Å². The van der Waals surface area contributed by atoms with E-state index in [1.165, 1.54) is 49.4 Å². The van der Waals surface area contributed by atoms with Crippen molar-refractivity contribution in [3.63, 3.8) is 0 Å². The Hall–Kier alpha value is -1.07. The van der Waals surface area contributed by atoms with Gasteiger partial charge in [-0.2, -0.15) is 11.8 Å². The third-order valence-electron chi connectivity index (χ3n) is 4.60. The highest BCUT2D eigenvalue weighted by atomic mass is 32.2. The highest BCUT2D eigenvalue weighted by Crippen LogP contribution is 2.34. The fourth-order valence-corrected chi connectivity index (χ4v) is 4.68. The standard InChI is InChI=1S/C16H22N4S/c1-2-8-17-13(6-1)16-19-14-7-3-9-18-15(14)20(16)12-5-4-10-21-11-12/h3,7,9,12-13,17H,1-2,4-6,8,10-11H2. The van der Waals surface area contributed by atoms with Crippen LogP contribution < -0.4 is 5.32 Å². The fourth-order valence-electron chi connectivity index (χ4n) is 3.55. The van der Waals surface area contributed by atoms with Gasteiger partial charge in [-0.25, -0.2) is 9.97 Å². The first kappa shape index (κ1) is 13.6. The van der Waals surface area contributed by atoms with Crippen LogP contribution in [0.25, 0.3) is 11.2 Å². The maximum absolute atomic E-state index is 4.94. The van der Waals surface area contributed by atoms with Crippen LogP contribution in [0.3, 0.4) is 0 Å². The van der Waals surface area contributed by atoms with Crippen molar-refractivity contribution in [2.24, 2.45) is 0 Å². The molecule has 0 bridgehead atoms. The Labute approximate surface area is 129 Å². The maximum Gasteiger partial charge on any atom is 0.160 e. The van der Waals surface area contributed by atoms with Gasteiger partial charge in [-0.15, -0.1) is 0 Å². The van der Waals surface area contributed by atoms with E-state index in [-0.39, 0.29) is 0 Å². The minimum absolute atomic E-state index is 0.403. The smallest absolute Gasteiger partial charge is 0.160 e. The minimum atomic E-state index is 0.403. The van der Waals surface area contributed by atoms with Gasteiger partial charge in [-0.3, -0.25) is 0 Å². The van der Waals surface area contributed by atoms with E-state index in [4.69, 9.17) is 4.98 Å². The molecule has 21 heavy (non-hydrogen) atoms. The first-order valence-electron chi connectivity index (χ1n) is 8.07. The van der Waals surface area contributed by atoms with E-state index in [1.807, 2.05) is 12.3 Å². The zero-order chi connectivity index (χ0) is 14.1. The lowest BCUT2D eigenvalue weighted by Crippen LogP contribution is -2.31. The Morgan fingerprint density at radius 2 is 2.24 bits per heavy atom. The van der Waals surface area contributed by atoms with Gasteiger partial charge in [0.1, 0.15) is 11.3 Å². The van der Waals surface area contributed by atoms with E-state index in [9.17, 15) is 0 Å². The molecule has 0 amide bonds. The average molecular weight is 302 g/mol. The highest BCUT2D eigenvalue weighted by Gasteiger charge is 2.27. The zero-order valence-electron chi connectivity index (χ0n) is 12.3. The van der Waals surface area contributed by atoms with Crippen molar-refractivity contribution in [2.75, 3.05) is 18.1 Å². The minimum Gasteiger partial charge on any atom is -0.307 e. The summed E-state index contributed by atoms with van der Waals surface area (Å²) in [5.74, 6) is 3.71. The zero-order valence-corrected chi connectivity index (χ0v) is 13.1. The van der Waals surface area contributed by atoms with Crippen LogP contribution in [0.4, 0.5) is 0 Å². The third kappa shape index (κ3) is 2.57. The van der Waals surface area contributed by atoms with Crippen LogP contribution in [0.5, 0.6) is 0 Å². The molecule has 2 atom stereocenters. The van der Waals surface area contributed by atoms with Crippen molar-refractivity contribution in [3.05, 3.63) is 24.2 Å². The van der Waals surface area contributed by atoms with Gasteiger partial charge in [-0.1, -0.05) is 6.42 Å². The summed E-state index contributed by atoms with van der Waals surface area (Å²) < 4.78 is 2.45. The molecule has 2 aliphatic heterocycles. The number of pyridine rings is 1. The molecule has 112 valence electrons. The summed E-state index contributed by atoms with van der Waals surface area (Å²) in [6.45, 7) is 1.11. The molecule has 4 rings (SSSR count). The van der Waals surface area contributed by atoms with E-state index in [0.717, 1.165) is 17.7 Å². The SMILES string of the molecule is c1cnc2c(c1)nc(C1CCCCN1)n2C1CCCSC1. The van der Waals surface area contributed by atoms with Gasteiger partial charge in [0.05, 0.1) is 6.04 Å². The number of imidazole rings is 1.